The molecule has 0 aliphatic heterocycles. The first-order valence-electron chi connectivity index (χ1n) is 6.26. The Kier molecular flexibility index (Phi) is 4.21. The zero-order chi connectivity index (χ0) is 12.3. The van der Waals surface area contributed by atoms with Crippen LogP contribution in [-0.2, 0) is 0 Å². The minimum atomic E-state index is 0.489. The van der Waals surface area contributed by atoms with Crippen molar-refractivity contribution < 1.29 is 0 Å². The Morgan fingerprint density at radius 3 is 2.59 bits per heavy atom. The van der Waals surface area contributed by atoms with Crippen LogP contribution in [0.2, 0.25) is 0 Å². The summed E-state index contributed by atoms with van der Waals surface area (Å²) in [5, 5.41) is 0. The molecule has 1 aromatic rings. The van der Waals surface area contributed by atoms with Crippen LogP contribution in [-0.4, -0.2) is 5.84 Å². The lowest BCUT2D eigenvalue weighted by Crippen LogP contribution is -2.25. The lowest BCUT2D eigenvalue weighted by molar-refractivity contribution is 0.437. The molecule has 0 bridgehead atoms. The molecule has 0 amide bonds. The number of benzene rings is 1. The third-order valence-electron chi connectivity index (χ3n) is 3.31. The summed E-state index contributed by atoms with van der Waals surface area (Å²) in [6, 6.07) is 6.17. The average molecular weight is 295 g/mol. The third kappa shape index (κ3) is 3.56. The van der Waals surface area contributed by atoms with Gasteiger partial charge >= 0.3 is 0 Å². The molecular formula is C14H19BrN2. The Morgan fingerprint density at radius 1 is 1.24 bits per heavy atom. The highest BCUT2D eigenvalue weighted by molar-refractivity contribution is 9.10. The standard InChI is InChI=1S/C14H19BrN2/c1-10-7-12(15)9-13(8-10)17-14(16)11-5-3-2-4-6-11/h7-9,11H,2-6H2,1H3,(H2,16,17). The molecule has 0 spiro atoms. The molecule has 1 aliphatic carbocycles. The number of nitrogens with zero attached hydrogens (tertiary/aromatic N) is 1. The predicted octanol–water partition coefficient (Wildman–Crippen LogP) is 4.33. The van der Waals surface area contributed by atoms with E-state index >= 15 is 0 Å². The Balaban J connectivity index is 2.16. The summed E-state index contributed by atoms with van der Waals surface area (Å²) in [4.78, 5) is 4.57. The summed E-state index contributed by atoms with van der Waals surface area (Å²) in [6.07, 6.45) is 6.32. The first kappa shape index (κ1) is 12.6. The van der Waals surface area contributed by atoms with Crippen LogP contribution in [0.5, 0.6) is 0 Å². The maximum atomic E-state index is 6.12. The fraction of sp³-hybridized carbons (Fsp3) is 0.500. The summed E-state index contributed by atoms with van der Waals surface area (Å²) < 4.78 is 1.06. The average Bonchev–Trinajstić information content (AvgIpc) is 2.28. The van der Waals surface area contributed by atoms with Gasteiger partial charge in [-0.1, -0.05) is 35.2 Å². The quantitative estimate of drug-likeness (QED) is 0.640. The van der Waals surface area contributed by atoms with E-state index in [0.29, 0.717) is 5.92 Å². The van der Waals surface area contributed by atoms with Crippen molar-refractivity contribution in [3.63, 3.8) is 0 Å². The van der Waals surface area contributed by atoms with E-state index in [2.05, 4.69) is 40.0 Å². The first-order chi connectivity index (χ1) is 8.15. The van der Waals surface area contributed by atoms with E-state index in [9.17, 15) is 0 Å². The number of amidine groups is 1. The van der Waals surface area contributed by atoms with Crippen LogP contribution in [0.1, 0.15) is 37.7 Å². The van der Waals surface area contributed by atoms with Gasteiger partial charge in [0.25, 0.3) is 0 Å². The van der Waals surface area contributed by atoms with Gasteiger partial charge in [0, 0.05) is 10.4 Å². The van der Waals surface area contributed by atoms with Crippen LogP contribution in [0.15, 0.2) is 27.7 Å². The van der Waals surface area contributed by atoms with E-state index in [0.717, 1.165) is 16.0 Å². The van der Waals surface area contributed by atoms with E-state index in [1.807, 2.05) is 6.07 Å². The molecule has 2 N–H and O–H groups in total. The molecule has 0 aromatic heterocycles. The molecule has 0 atom stereocenters. The van der Waals surface area contributed by atoms with E-state index in [-0.39, 0.29) is 0 Å². The van der Waals surface area contributed by atoms with Crippen LogP contribution in [0.3, 0.4) is 0 Å². The Labute approximate surface area is 111 Å². The molecule has 92 valence electrons. The highest BCUT2D eigenvalue weighted by atomic mass is 79.9. The number of nitrogens with two attached hydrogens (primary N) is 1. The zero-order valence-corrected chi connectivity index (χ0v) is 11.8. The topological polar surface area (TPSA) is 38.4 Å². The summed E-state index contributed by atoms with van der Waals surface area (Å²) in [6.45, 7) is 2.07. The van der Waals surface area contributed by atoms with Crippen molar-refractivity contribution in [3.05, 3.63) is 28.2 Å². The molecule has 0 saturated heterocycles. The second-order valence-corrected chi connectivity index (χ2v) is 5.77. The lowest BCUT2D eigenvalue weighted by atomic mass is 9.88. The maximum absolute atomic E-state index is 6.12. The van der Waals surface area contributed by atoms with Crippen molar-refractivity contribution in [1.82, 2.24) is 0 Å². The third-order valence-corrected chi connectivity index (χ3v) is 3.77. The van der Waals surface area contributed by atoms with Crippen LogP contribution in [0.25, 0.3) is 0 Å². The highest BCUT2D eigenvalue weighted by Gasteiger charge is 2.16. The Hall–Kier alpha value is -0.830. The first-order valence-corrected chi connectivity index (χ1v) is 7.06. The molecule has 1 fully saturated rings. The molecular weight excluding hydrogens is 276 g/mol. The summed E-state index contributed by atoms with van der Waals surface area (Å²) >= 11 is 3.49. The fourth-order valence-corrected chi connectivity index (χ4v) is 3.02. The smallest absolute Gasteiger partial charge is 0.103 e. The van der Waals surface area contributed by atoms with E-state index < -0.39 is 0 Å². The molecule has 0 heterocycles. The maximum Gasteiger partial charge on any atom is 0.103 e. The van der Waals surface area contributed by atoms with Crippen molar-refractivity contribution in [2.24, 2.45) is 16.6 Å². The van der Waals surface area contributed by atoms with Gasteiger partial charge in [0.1, 0.15) is 5.84 Å². The van der Waals surface area contributed by atoms with Crippen molar-refractivity contribution in [2.75, 3.05) is 0 Å². The molecule has 1 aliphatic rings. The van der Waals surface area contributed by atoms with Gasteiger partial charge in [-0.15, -0.1) is 0 Å². The molecule has 1 aromatic carbocycles. The monoisotopic (exact) mass is 294 g/mol. The summed E-state index contributed by atoms with van der Waals surface area (Å²) in [7, 11) is 0. The minimum absolute atomic E-state index is 0.489. The van der Waals surface area contributed by atoms with E-state index in [1.165, 1.54) is 37.7 Å². The van der Waals surface area contributed by atoms with Crippen LogP contribution >= 0.6 is 15.9 Å². The zero-order valence-electron chi connectivity index (χ0n) is 10.2. The highest BCUT2D eigenvalue weighted by Crippen LogP contribution is 2.26. The van der Waals surface area contributed by atoms with Gasteiger partial charge in [0.2, 0.25) is 0 Å². The van der Waals surface area contributed by atoms with Crippen molar-refractivity contribution in [2.45, 2.75) is 39.0 Å². The summed E-state index contributed by atoms with van der Waals surface area (Å²) in [5.74, 6) is 1.30. The van der Waals surface area contributed by atoms with Gasteiger partial charge in [0.05, 0.1) is 5.69 Å². The van der Waals surface area contributed by atoms with Gasteiger partial charge < -0.3 is 5.73 Å². The van der Waals surface area contributed by atoms with Crippen molar-refractivity contribution in [3.8, 4) is 0 Å². The number of rotatable bonds is 2. The molecule has 3 heteroatoms. The van der Waals surface area contributed by atoms with Crippen LogP contribution < -0.4 is 5.73 Å². The number of hydrogen-bond donors (Lipinski definition) is 1. The van der Waals surface area contributed by atoms with Gasteiger partial charge in [-0.25, -0.2) is 4.99 Å². The largest absolute Gasteiger partial charge is 0.387 e. The Morgan fingerprint density at radius 2 is 1.94 bits per heavy atom. The summed E-state index contributed by atoms with van der Waals surface area (Å²) in [5.41, 5.74) is 8.28. The van der Waals surface area contributed by atoms with E-state index in [4.69, 9.17) is 5.73 Å². The van der Waals surface area contributed by atoms with Gasteiger partial charge in [-0.05, 0) is 43.5 Å². The fourth-order valence-electron chi connectivity index (χ4n) is 2.42. The van der Waals surface area contributed by atoms with Crippen molar-refractivity contribution >= 4 is 27.5 Å². The van der Waals surface area contributed by atoms with Gasteiger partial charge in [-0.3, -0.25) is 0 Å². The molecule has 0 radical (unpaired) electrons. The van der Waals surface area contributed by atoms with Gasteiger partial charge in [-0.2, -0.15) is 0 Å². The molecule has 1 saturated carbocycles. The Bertz CT molecular complexity index is 400. The number of aryl methyl sites for hydroxylation is 1. The van der Waals surface area contributed by atoms with Crippen LogP contribution in [0.4, 0.5) is 5.69 Å². The van der Waals surface area contributed by atoms with Crippen LogP contribution in [0, 0.1) is 12.8 Å². The lowest BCUT2D eigenvalue weighted by Gasteiger charge is -2.20. The molecule has 17 heavy (non-hydrogen) atoms. The second-order valence-electron chi connectivity index (χ2n) is 4.86. The van der Waals surface area contributed by atoms with Crippen molar-refractivity contribution in [1.29, 1.82) is 0 Å². The molecule has 2 nitrogen and oxygen atoms in total. The number of hydrogen-bond acceptors (Lipinski definition) is 1. The normalized spacial score (nSPS) is 18.4. The minimum Gasteiger partial charge on any atom is -0.387 e. The van der Waals surface area contributed by atoms with E-state index in [1.54, 1.807) is 0 Å². The number of aliphatic imine (C=N–C) groups is 1. The molecule has 0 unspecified atom stereocenters. The second kappa shape index (κ2) is 5.67. The molecule has 2 rings (SSSR count). The van der Waals surface area contributed by atoms with Gasteiger partial charge in [0.15, 0.2) is 0 Å². The number of halogens is 1. The predicted molar refractivity (Wildman–Crippen MR) is 76.7 cm³/mol. The SMILES string of the molecule is Cc1cc(Br)cc(N=C(N)C2CCCCC2)c1.